The van der Waals surface area contributed by atoms with Gasteiger partial charge in [0.25, 0.3) is 0 Å². The van der Waals surface area contributed by atoms with E-state index in [9.17, 15) is 9.59 Å². The average molecular weight is 169 g/mol. The van der Waals surface area contributed by atoms with Gasteiger partial charge in [0.05, 0.1) is 0 Å². The maximum Gasteiger partial charge on any atom is 0.130 e. The van der Waals surface area contributed by atoms with E-state index < -0.39 is 0 Å². The van der Waals surface area contributed by atoms with Crippen LogP contribution in [0.2, 0.25) is 0 Å². The van der Waals surface area contributed by atoms with Crippen LogP contribution in [0.3, 0.4) is 0 Å². The first-order chi connectivity index (χ1) is 5.52. The summed E-state index contributed by atoms with van der Waals surface area (Å²) in [7, 11) is 0. The molecule has 2 heteroatoms. The third-order valence-electron chi connectivity index (χ3n) is 1.72. The molecule has 2 nitrogen and oxygen atoms in total. The first-order valence-corrected chi connectivity index (χ1v) is 4.34. The molecule has 0 amide bonds. The molecule has 1 atom stereocenters. The number of rotatable bonds is 6. The Morgan fingerprint density at radius 2 is 1.83 bits per heavy atom. The van der Waals surface area contributed by atoms with Crippen molar-refractivity contribution in [2.45, 2.75) is 39.5 Å². The first kappa shape index (κ1) is 11.3. The molecule has 0 aromatic carbocycles. The van der Waals surface area contributed by atoms with Gasteiger partial charge < -0.3 is 9.59 Å². The SMILES string of the molecule is [CH2]C(CCCC(C)=O)CC(C)=O. The summed E-state index contributed by atoms with van der Waals surface area (Å²) in [5, 5.41) is 0. The highest BCUT2D eigenvalue weighted by molar-refractivity contribution is 5.76. The van der Waals surface area contributed by atoms with Crippen molar-refractivity contribution in [3.63, 3.8) is 0 Å². The number of carbonyl (C=O) groups excluding carboxylic acids is 2. The topological polar surface area (TPSA) is 34.1 Å². The van der Waals surface area contributed by atoms with E-state index in [1.807, 2.05) is 0 Å². The standard InChI is InChI=1S/C10H17O2/c1-8(7-10(3)12)5-4-6-9(2)11/h8H,1,4-7H2,2-3H3. The van der Waals surface area contributed by atoms with Gasteiger partial charge >= 0.3 is 0 Å². The van der Waals surface area contributed by atoms with Gasteiger partial charge in [-0.05, 0) is 39.5 Å². The van der Waals surface area contributed by atoms with Crippen molar-refractivity contribution in [3.8, 4) is 0 Å². The van der Waals surface area contributed by atoms with Crippen LogP contribution in [0.1, 0.15) is 39.5 Å². The zero-order chi connectivity index (χ0) is 9.56. The zero-order valence-corrected chi connectivity index (χ0v) is 7.93. The molecular weight excluding hydrogens is 152 g/mol. The summed E-state index contributed by atoms with van der Waals surface area (Å²) < 4.78 is 0. The third-order valence-corrected chi connectivity index (χ3v) is 1.72. The van der Waals surface area contributed by atoms with Gasteiger partial charge in [0.2, 0.25) is 0 Å². The van der Waals surface area contributed by atoms with Crippen molar-refractivity contribution in [2.75, 3.05) is 0 Å². The van der Waals surface area contributed by atoms with Crippen LogP contribution in [0.4, 0.5) is 0 Å². The summed E-state index contributed by atoms with van der Waals surface area (Å²) in [4.78, 5) is 21.2. The van der Waals surface area contributed by atoms with Crippen molar-refractivity contribution in [1.82, 2.24) is 0 Å². The van der Waals surface area contributed by atoms with Crippen LogP contribution in [0.15, 0.2) is 0 Å². The van der Waals surface area contributed by atoms with Gasteiger partial charge in [0, 0.05) is 12.8 Å². The monoisotopic (exact) mass is 169 g/mol. The Morgan fingerprint density at radius 1 is 1.25 bits per heavy atom. The molecule has 1 radical (unpaired) electrons. The molecule has 0 spiro atoms. The largest absolute Gasteiger partial charge is 0.300 e. The minimum Gasteiger partial charge on any atom is -0.300 e. The second kappa shape index (κ2) is 5.92. The van der Waals surface area contributed by atoms with Gasteiger partial charge in [-0.15, -0.1) is 0 Å². The van der Waals surface area contributed by atoms with Crippen LogP contribution < -0.4 is 0 Å². The Morgan fingerprint density at radius 3 is 2.25 bits per heavy atom. The summed E-state index contributed by atoms with van der Waals surface area (Å²) in [5.74, 6) is 0.574. The quantitative estimate of drug-likeness (QED) is 0.610. The minimum atomic E-state index is 0.179. The van der Waals surface area contributed by atoms with Crippen molar-refractivity contribution < 1.29 is 9.59 Å². The van der Waals surface area contributed by atoms with Gasteiger partial charge in [-0.2, -0.15) is 0 Å². The predicted molar refractivity (Wildman–Crippen MR) is 48.7 cm³/mol. The Labute approximate surface area is 74.3 Å². The molecular formula is C10H17O2. The molecule has 0 fully saturated rings. The fraction of sp³-hybridized carbons (Fsp3) is 0.700. The molecule has 0 saturated heterocycles. The molecule has 0 aliphatic carbocycles. The summed E-state index contributed by atoms with van der Waals surface area (Å²) in [6.07, 6.45) is 2.89. The molecule has 69 valence electrons. The van der Waals surface area contributed by atoms with E-state index in [4.69, 9.17) is 0 Å². The lowest BCUT2D eigenvalue weighted by Crippen LogP contribution is -2.02. The lowest BCUT2D eigenvalue weighted by molar-refractivity contribution is -0.117. The Kier molecular flexibility index (Phi) is 5.60. The number of Topliss-reactive ketones (excluding diaryl/α,β-unsaturated/α-hetero) is 2. The van der Waals surface area contributed by atoms with Crippen molar-refractivity contribution in [3.05, 3.63) is 6.92 Å². The summed E-state index contributed by atoms with van der Waals surface area (Å²) >= 11 is 0. The van der Waals surface area contributed by atoms with Gasteiger partial charge in [-0.1, -0.05) is 0 Å². The molecule has 0 N–H and O–H groups in total. The molecule has 12 heavy (non-hydrogen) atoms. The lowest BCUT2D eigenvalue weighted by Gasteiger charge is -2.06. The molecule has 0 saturated carbocycles. The highest BCUT2D eigenvalue weighted by atomic mass is 16.1. The van der Waals surface area contributed by atoms with E-state index >= 15 is 0 Å². The molecule has 0 aliphatic heterocycles. The van der Waals surface area contributed by atoms with Crippen molar-refractivity contribution in [1.29, 1.82) is 0 Å². The Bertz CT molecular complexity index is 161. The normalized spacial score (nSPS) is 12.6. The molecule has 0 aliphatic rings. The zero-order valence-electron chi connectivity index (χ0n) is 7.93. The summed E-state index contributed by atoms with van der Waals surface area (Å²) in [6.45, 7) is 7.00. The second-order valence-electron chi connectivity index (χ2n) is 3.37. The maximum absolute atomic E-state index is 10.6. The van der Waals surface area contributed by atoms with Gasteiger partial charge in [0.1, 0.15) is 11.6 Å². The van der Waals surface area contributed by atoms with Crippen LogP contribution in [-0.2, 0) is 9.59 Å². The van der Waals surface area contributed by atoms with Crippen molar-refractivity contribution >= 4 is 11.6 Å². The van der Waals surface area contributed by atoms with Gasteiger partial charge in [-0.3, -0.25) is 0 Å². The third kappa shape index (κ3) is 7.45. The second-order valence-corrected chi connectivity index (χ2v) is 3.37. The number of ketones is 2. The molecule has 0 bridgehead atoms. The van der Waals surface area contributed by atoms with E-state index in [1.54, 1.807) is 13.8 Å². The van der Waals surface area contributed by atoms with Gasteiger partial charge in [-0.25, -0.2) is 0 Å². The fourth-order valence-electron chi connectivity index (χ4n) is 1.15. The van der Waals surface area contributed by atoms with E-state index in [2.05, 4.69) is 6.92 Å². The summed E-state index contributed by atoms with van der Waals surface area (Å²) in [6, 6.07) is 0. The smallest absolute Gasteiger partial charge is 0.130 e. The van der Waals surface area contributed by atoms with E-state index in [0.717, 1.165) is 12.8 Å². The Balaban J connectivity index is 3.37. The Hall–Kier alpha value is -0.660. The highest BCUT2D eigenvalue weighted by Crippen LogP contribution is 2.11. The van der Waals surface area contributed by atoms with Crippen molar-refractivity contribution in [2.24, 2.45) is 5.92 Å². The van der Waals surface area contributed by atoms with Gasteiger partial charge in [0.15, 0.2) is 0 Å². The molecule has 1 unspecified atom stereocenters. The summed E-state index contributed by atoms with van der Waals surface area (Å²) in [5.41, 5.74) is 0. The minimum absolute atomic E-state index is 0.179. The predicted octanol–water partition coefficient (Wildman–Crippen LogP) is 2.18. The van der Waals surface area contributed by atoms with E-state index in [0.29, 0.717) is 12.8 Å². The molecule has 0 aromatic rings. The molecule has 0 rings (SSSR count). The number of hydrogen-bond acceptors (Lipinski definition) is 2. The maximum atomic E-state index is 10.6. The van der Waals surface area contributed by atoms with Crippen LogP contribution >= 0.6 is 0 Å². The molecule has 0 heterocycles. The van der Waals surface area contributed by atoms with Crippen LogP contribution in [0, 0.1) is 12.8 Å². The van der Waals surface area contributed by atoms with Crippen LogP contribution in [-0.4, -0.2) is 11.6 Å². The van der Waals surface area contributed by atoms with Crippen LogP contribution in [0.5, 0.6) is 0 Å². The van der Waals surface area contributed by atoms with E-state index in [1.165, 1.54) is 0 Å². The first-order valence-electron chi connectivity index (χ1n) is 4.34. The average Bonchev–Trinajstić information content (AvgIpc) is 1.84. The fourth-order valence-corrected chi connectivity index (χ4v) is 1.15. The lowest BCUT2D eigenvalue weighted by atomic mass is 9.98. The number of carbonyl (C=O) groups is 2. The van der Waals surface area contributed by atoms with Crippen LogP contribution in [0.25, 0.3) is 0 Å². The number of hydrogen-bond donors (Lipinski definition) is 0. The highest BCUT2D eigenvalue weighted by Gasteiger charge is 2.05. The van der Waals surface area contributed by atoms with E-state index in [-0.39, 0.29) is 17.5 Å². The molecule has 0 aromatic heterocycles.